The Morgan fingerprint density at radius 1 is 0.976 bits per heavy atom. The zero-order valence-corrected chi connectivity index (χ0v) is 26.8. The van der Waals surface area contributed by atoms with Crippen LogP contribution in [0.5, 0.6) is 0 Å². The summed E-state index contributed by atoms with van der Waals surface area (Å²) < 4.78 is 24.9. The van der Waals surface area contributed by atoms with Gasteiger partial charge in [0, 0.05) is 19.4 Å². The molecule has 0 aromatic carbocycles. The SMILES string of the molecule is CC(=O)O[C@@H](C1CCC2C(O1)C(=O)C1C3CCC4C(C)(C)[C@@H](OC5CCCCO5)CCC45CC35CCC21C)C(C)(C)O. The predicted octanol–water partition coefficient (Wildman–Crippen LogP) is 5.99. The molecule has 5 saturated carbocycles. The average Bonchev–Trinajstić information content (AvgIpc) is 3.54. The normalized spacial score (nSPS) is 49.9. The van der Waals surface area contributed by atoms with Crippen molar-refractivity contribution in [2.75, 3.05) is 6.61 Å². The fraction of sp³-hybridized carbons (Fsp3) is 0.943. The van der Waals surface area contributed by atoms with Crippen LogP contribution in [0.4, 0.5) is 0 Å². The van der Waals surface area contributed by atoms with E-state index < -0.39 is 29.9 Å². The second-order valence-corrected chi connectivity index (χ2v) is 16.9. The molecule has 42 heavy (non-hydrogen) atoms. The van der Waals surface area contributed by atoms with Crippen molar-refractivity contribution in [2.24, 2.45) is 45.3 Å². The molecule has 2 saturated heterocycles. The van der Waals surface area contributed by atoms with Gasteiger partial charge in [-0.3, -0.25) is 9.59 Å². The van der Waals surface area contributed by atoms with Crippen LogP contribution in [0.1, 0.15) is 119 Å². The van der Waals surface area contributed by atoms with Crippen molar-refractivity contribution in [1.82, 2.24) is 0 Å². The predicted molar refractivity (Wildman–Crippen MR) is 156 cm³/mol. The zero-order valence-electron chi connectivity index (χ0n) is 26.8. The van der Waals surface area contributed by atoms with E-state index >= 15 is 0 Å². The minimum Gasteiger partial charge on any atom is -0.457 e. The Morgan fingerprint density at radius 3 is 2.43 bits per heavy atom. The van der Waals surface area contributed by atoms with E-state index in [1.165, 1.54) is 39.0 Å². The average molecular weight is 587 g/mol. The van der Waals surface area contributed by atoms with E-state index in [0.29, 0.717) is 29.5 Å². The van der Waals surface area contributed by atoms with Crippen molar-refractivity contribution in [2.45, 2.75) is 155 Å². The molecular weight excluding hydrogens is 532 g/mol. The number of carbonyl (C=O) groups is 2. The summed E-state index contributed by atoms with van der Waals surface area (Å²) in [6.07, 6.45) is 11.6. The van der Waals surface area contributed by atoms with Crippen LogP contribution in [-0.2, 0) is 28.5 Å². The minimum absolute atomic E-state index is 0.0426. The lowest BCUT2D eigenvalue weighted by Crippen LogP contribution is -2.56. The standard InChI is InChI=1S/C35H54O7/c1-20(36)40-30(32(4,5)38)23-12-10-22-29(41-23)28(37)27-21-11-13-24-31(2,3)25(42-26-9-7-8-18-39-26)14-15-35(24)19-34(21,35)17-16-33(22,27)6/h21-27,29-30,38H,7-19H2,1-6H3/t21?,22?,23?,24?,25-,26?,27?,29?,30-,33?,34?,35?/m0/s1. The van der Waals surface area contributed by atoms with Gasteiger partial charge >= 0.3 is 5.97 Å². The Morgan fingerprint density at radius 2 is 1.74 bits per heavy atom. The zero-order chi connectivity index (χ0) is 29.9. The van der Waals surface area contributed by atoms with E-state index in [1.54, 1.807) is 13.8 Å². The molecule has 2 heterocycles. The monoisotopic (exact) mass is 586 g/mol. The van der Waals surface area contributed by atoms with Gasteiger partial charge in [0.1, 0.15) is 6.10 Å². The van der Waals surface area contributed by atoms with Crippen molar-refractivity contribution >= 4 is 11.8 Å². The van der Waals surface area contributed by atoms with E-state index in [2.05, 4.69) is 20.8 Å². The Bertz CT molecular complexity index is 1110. The maximum absolute atomic E-state index is 14.5. The maximum atomic E-state index is 14.5. The molecule has 7 aliphatic rings. The van der Waals surface area contributed by atoms with Crippen LogP contribution < -0.4 is 0 Å². The minimum atomic E-state index is -1.25. The summed E-state index contributed by atoms with van der Waals surface area (Å²) in [5.74, 6) is 1.16. The molecule has 7 fully saturated rings. The number of fused-ring (bicyclic) bond motifs is 4. The van der Waals surface area contributed by atoms with Crippen LogP contribution in [0.25, 0.3) is 0 Å². The molecular formula is C35H54O7. The third-order valence-electron chi connectivity index (χ3n) is 14.1. The summed E-state index contributed by atoms with van der Waals surface area (Å²) >= 11 is 0. The summed E-state index contributed by atoms with van der Waals surface area (Å²) in [5.41, 5.74) is -0.574. The number of esters is 1. The van der Waals surface area contributed by atoms with Gasteiger partial charge < -0.3 is 24.1 Å². The van der Waals surface area contributed by atoms with E-state index in [0.717, 1.165) is 45.1 Å². The van der Waals surface area contributed by atoms with Crippen LogP contribution >= 0.6 is 0 Å². The van der Waals surface area contributed by atoms with Crippen molar-refractivity contribution < 1.29 is 33.6 Å². The van der Waals surface area contributed by atoms with Gasteiger partial charge in [-0.15, -0.1) is 0 Å². The lowest BCUT2D eigenvalue weighted by Gasteiger charge is -2.59. The highest BCUT2D eigenvalue weighted by Crippen LogP contribution is 2.87. The number of hydrogen-bond donors (Lipinski definition) is 1. The fourth-order valence-corrected chi connectivity index (χ4v) is 12.3. The van der Waals surface area contributed by atoms with Gasteiger partial charge in [0.05, 0.1) is 17.8 Å². The molecule has 0 bridgehead atoms. The molecule has 7 nitrogen and oxygen atoms in total. The number of carbonyl (C=O) groups excluding carboxylic acids is 2. The number of rotatable bonds is 5. The number of ketones is 1. The van der Waals surface area contributed by atoms with Crippen LogP contribution in [0.3, 0.4) is 0 Å². The van der Waals surface area contributed by atoms with Gasteiger partial charge in [0.25, 0.3) is 0 Å². The highest BCUT2D eigenvalue weighted by molar-refractivity contribution is 5.90. The topological polar surface area (TPSA) is 91.3 Å². The summed E-state index contributed by atoms with van der Waals surface area (Å²) in [4.78, 5) is 26.4. The fourth-order valence-electron chi connectivity index (χ4n) is 12.3. The molecule has 0 radical (unpaired) electrons. The molecule has 7 heteroatoms. The first-order chi connectivity index (χ1) is 19.7. The first kappa shape index (κ1) is 29.7. The van der Waals surface area contributed by atoms with Gasteiger partial charge in [-0.25, -0.2) is 0 Å². The number of hydrogen-bond acceptors (Lipinski definition) is 7. The smallest absolute Gasteiger partial charge is 0.303 e. The Balaban J connectivity index is 1.11. The summed E-state index contributed by atoms with van der Waals surface area (Å²) in [6, 6.07) is 0. The molecule has 2 spiro atoms. The van der Waals surface area contributed by atoms with Gasteiger partial charge in [-0.2, -0.15) is 0 Å². The highest BCUT2D eigenvalue weighted by Gasteiger charge is 2.82. The molecule has 12 atom stereocenters. The summed E-state index contributed by atoms with van der Waals surface area (Å²) in [7, 11) is 0. The molecule has 1 N–H and O–H groups in total. The third kappa shape index (κ3) is 4.11. The molecule has 0 amide bonds. The first-order valence-corrected chi connectivity index (χ1v) is 17.1. The van der Waals surface area contributed by atoms with Gasteiger partial charge in [0.15, 0.2) is 18.2 Å². The number of ether oxygens (including phenoxy) is 4. The summed E-state index contributed by atoms with van der Waals surface area (Å²) in [6.45, 7) is 12.8. The van der Waals surface area contributed by atoms with Crippen molar-refractivity contribution in [3.05, 3.63) is 0 Å². The van der Waals surface area contributed by atoms with Crippen LogP contribution in [0, 0.1) is 45.3 Å². The number of Topliss-reactive ketones (excluding diaryl/α,β-unsaturated/α-hetero) is 1. The second-order valence-electron chi connectivity index (χ2n) is 16.9. The van der Waals surface area contributed by atoms with Gasteiger partial charge in [0.2, 0.25) is 0 Å². The van der Waals surface area contributed by atoms with E-state index in [4.69, 9.17) is 18.9 Å². The molecule has 0 aromatic rings. The largest absolute Gasteiger partial charge is 0.457 e. The molecule has 236 valence electrons. The van der Waals surface area contributed by atoms with Gasteiger partial charge in [-0.1, -0.05) is 20.8 Å². The second kappa shape index (κ2) is 9.74. The Kier molecular flexibility index (Phi) is 6.88. The number of aliphatic hydroxyl groups is 1. The van der Waals surface area contributed by atoms with Crippen LogP contribution in [-0.4, -0.2) is 59.8 Å². The quantitative estimate of drug-likeness (QED) is 0.313. The van der Waals surface area contributed by atoms with Gasteiger partial charge in [-0.05, 0) is 130 Å². The molecule has 2 aliphatic heterocycles. The molecule has 5 aliphatic carbocycles. The molecule has 10 unspecified atom stereocenters. The van der Waals surface area contributed by atoms with Crippen molar-refractivity contribution in [3.63, 3.8) is 0 Å². The Labute approximate surface area is 252 Å². The van der Waals surface area contributed by atoms with E-state index in [-0.39, 0.29) is 40.5 Å². The Hall–Kier alpha value is -1.02. The lowest BCUT2D eigenvalue weighted by molar-refractivity contribution is -0.237. The van der Waals surface area contributed by atoms with Crippen molar-refractivity contribution in [1.29, 1.82) is 0 Å². The first-order valence-electron chi connectivity index (χ1n) is 17.1. The molecule has 7 rings (SSSR count). The van der Waals surface area contributed by atoms with Crippen LogP contribution in [0.2, 0.25) is 0 Å². The molecule has 0 aromatic heterocycles. The maximum Gasteiger partial charge on any atom is 0.303 e. The van der Waals surface area contributed by atoms with E-state index in [1.807, 2.05) is 0 Å². The van der Waals surface area contributed by atoms with Crippen molar-refractivity contribution in [3.8, 4) is 0 Å². The van der Waals surface area contributed by atoms with E-state index in [9.17, 15) is 14.7 Å². The highest BCUT2D eigenvalue weighted by atomic mass is 16.7. The van der Waals surface area contributed by atoms with Crippen LogP contribution in [0.15, 0.2) is 0 Å². The lowest BCUT2D eigenvalue weighted by atomic mass is 9.46. The third-order valence-corrected chi connectivity index (χ3v) is 14.1. The summed E-state index contributed by atoms with van der Waals surface area (Å²) in [5, 5.41) is 10.8.